The molecule has 2 rings (SSSR count). The van der Waals surface area contributed by atoms with E-state index in [0.717, 1.165) is 10.6 Å². The lowest BCUT2D eigenvalue weighted by atomic mass is 10.1. The van der Waals surface area contributed by atoms with Crippen molar-refractivity contribution < 1.29 is 0 Å². The molecule has 1 heterocycles. The van der Waals surface area contributed by atoms with E-state index in [-0.39, 0.29) is 6.04 Å². The first kappa shape index (κ1) is 11.6. The molecule has 0 amide bonds. The van der Waals surface area contributed by atoms with Crippen LogP contribution in [0.2, 0.25) is 5.02 Å². The molecule has 0 aliphatic carbocycles. The first-order valence-electron chi connectivity index (χ1n) is 5.16. The molecule has 0 saturated carbocycles. The Morgan fingerprint density at radius 1 is 1.25 bits per heavy atom. The summed E-state index contributed by atoms with van der Waals surface area (Å²) in [5, 5.41) is 0.734. The smallest absolute Gasteiger partial charge is 0.0646 e. The van der Waals surface area contributed by atoms with Crippen LogP contribution in [0.5, 0.6) is 0 Å². The largest absolute Gasteiger partial charge is 0.320 e. The maximum Gasteiger partial charge on any atom is 0.0646 e. The van der Waals surface area contributed by atoms with E-state index in [2.05, 4.69) is 19.9 Å². The van der Waals surface area contributed by atoms with Gasteiger partial charge >= 0.3 is 0 Å². The predicted octanol–water partition coefficient (Wildman–Crippen LogP) is 4.07. The van der Waals surface area contributed by atoms with Gasteiger partial charge in [0.25, 0.3) is 0 Å². The third kappa shape index (κ3) is 2.29. The zero-order chi connectivity index (χ0) is 11.7. The number of rotatable bonds is 2. The maximum absolute atomic E-state index is 6.22. The average Bonchev–Trinajstić information content (AvgIpc) is 2.58. The molecule has 2 aromatic rings. The molecular formula is C13H14ClNS. The molecule has 1 atom stereocenters. The molecule has 0 aliphatic heterocycles. The highest BCUT2D eigenvalue weighted by atomic mass is 35.5. The van der Waals surface area contributed by atoms with Gasteiger partial charge in [-0.3, -0.25) is 0 Å². The van der Waals surface area contributed by atoms with Crippen LogP contribution in [0, 0.1) is 13.8 Å². The lowest BCUT2D eigenvalue weighted by molar-refractivity contribution is 0.893. The molecule has 1 aromatic heterocycles. The third-order valence-corrected chi connectivity index (χ3v) is 4.17. The zero-order valence-corrected chi connectivity index (χ0v) is 10.9. The van der Waals surface area contributed by atoms with Crippen LogP contribution in [0.3, 0.4) is 0 Å². The van der Waals surface area contributed by atoms with E-state index in [0.29, 0.717) is 0 Å². The van der Waals surface area contributed by atoms with Gasteiger partial charge in [-0.15, -0.1) is 11.3 Å². The number of nitrogens with two attached hydrogens (primary N) is 1. The lowest BCUT2D eigenvalue weighted by Crippen LogP contribution is -2.09. The fourth-order valence-corrected chi connectivity index (χ4v) is 2.89. The van der Waals surface area contributed by atoms with Crippen molar-refractivity contribution in [3.63, 3.8) is 0 Å². The first-order chi connectivity index (χ1) is 7.58. The van der Waals surface area contributed by atoms with Crippen molar-refractivity contribution in [3.05, 3.63) is 56.2 Å². The van der Waals surface area contributed by atoms with Crippen LogP contribution in [0.4, 0.5) is 0 Å². The first-order valence-corrected chi connectivity index (χ1v) is 6.35. The minimum atomic E-state index is -0.0731. The van der Waals surface area contributed by atoms with Crippen molar-refractivity contribution in [2.45, 2.75) is 19.9 Å². The van der Waals surface area contributed by atoms with Crippen molar-refractivity contribution in [3.8, 4) is 0 Å². The van der Waals surface area contributed by atoms with E-state index in [4.69, 9.17) is 17.3 Å². The average molecular weight is 252 g/mol. The van der Waals surface area contributed by atoms with Gasteiger partial charge < -0.3 is 5.73 Å². The SMILES string of the molecule is Cc1cc(C(N)c2cccc(Cl)c2)sc1C. The van der Waals surface area contributed by atoms with Gasteiger partial charge in [0, 0.05) is 14.8 Å². The second-order valence-corrected chi connectivity index (χ2v) is 5.64. The third-order valence-electron chi connectivity index (χ3n) is 2.70. The Morgan fingerprint density at radius 3 is 2.56 bits per heavy atom. The lowest BCUT2D eigenvalue weighted by Gasteiger charge is -2.09. The maximum atomic E-state index is 6.22. The summed E-state index contributed by atoms with van der Waals surface area (Å²) in [5.74, 6) is 0. The van der Waals surface area contributed by atoms with Crippen LogP contribution < -0.4 is 5.73 Å². The van der Waals surface area contributed by atoms with Gasteiger partial charge in [-0.25, -0.2) is 0 Å². The summed E-state index contributed by atoms with van der Waals surface area (Å²) in [5.41, 5.74) is 8.59. The Hall–Kier alpha value is -0.830. The van der Waals surface area contributed by atoms with Gasteiger partial charge in [-0.1, -0.05) is 23.7 Å². The van der Waals surface area contributed by atoms with Crippen molar-refractivity contribution in [1.29, 1.82) is 0 Å². The van der Waals surface area contributed by atoms with E-state index in [1.54, 1.807) is 11.3 Å². The molecule has 0 fully saturated rings. The summed E-state index contributed by atoms with van der Waals surface area (Å²) in [4.78, 5) is 2.52. The molecule has 1 unspecified atom stereocenters. The van der Waals surface area contributed by atoms with Crippen LogP contribution in [0.1, 0.15) is 26.9 Å². The van der Waals surface area contributed by atoms with E-state index < -0.39 is 0 Å². The van der Waals surface area contributed by atoms with Crippen LogP contribution in [-0.4, -0.2) is 0 Å². The van der Waals surface area contributed by atoms with E-state index in [1.165, 1.54) is 15.3 Å². The summed E-state index contributed by atoms with van der Waals surface area (Å²) in [6.45, 7) is 4.23. The summed E-state index contributed by atoms with van der Waals surface area (Å²) in [7, 11) is 0. The predicted molar refractivity (Wildman–Crippen MR) is 71.3 cm³/mol. The standard InChI is InChI=1S/C13H14ClNS/c1-8-6-12(16-9(8)2)13(15)10-4-3-5-11(14)7-10/h3-7,13H,15H2,1-2H3. The summed E-state index contributed by atoms with van der Waals surface area (Å²) in [6.07, 6.45) is 0. The normalized spacial score (nSPS) is 12.8. The highest BCUT2D eigenvalue weighted by molar-refractivity contribution is 7.12. The molecule has 2 N–H and O–H groups in total. The molecule has 0 spiro atoms. The Bertz CT molecular complexity index is 485. The molecule has 0 aliphatic rings. The van der Waals surface area contributed by atoms with Gasteiger partial charge in [-0.05, 0) is 43.2 Å². The number of halogens is 1. The van der Waals surface area contributed by atoms with Gasteiger partial charge in [-0.2, -0.15) is 0 Å². The molecule has 0 saturated heterocycles. The zero-order valence-electron chi connectivity index (χ0n) is 9.33. The molecule has 84 valence electrons. The molecule has 0 radical (unpaired) electrons. The Balaban J connectivity index is 2.35. The topological polar surface area (TPSA) is 26.0 Å². The monoisotopic (exact) mass is 251 g/mol. The number of aryl methyl sites for hydroxylation is 2. The highest BCUT2D eigenvalue weighted by Crippen LogP contribution is 2.29. The van der Waals surface area contributed by atoms with E-state index in [9.17, 15) is 0 Å². The highest BCUT2D eigenvalue weighted by Gasteiger charge is 2.12. The van der Waals surface area contributed by atoms with E-state index in [1.807, 2.05) is 24.3 Å². The van der Waals surface area contributed by atoms with Crippen LogP contribution in [0.15, 0.2) is 30.3 Å². The molecular weight excluding hydrogens is 238 g/mol. The van der Waals surface area contributed by atoms with Crippen molar-refractivity contribution in [1.82, 2.24) is 0 Å². The second kappa shape index (κ2) is 4.58. The van der Waals surface area contributed by atoms with Crippen LogP contribution in [0.25, 0.3) is 0 Å². The molecule has 0 bridgehead atoms. The fraction of sp³-hybridized carbons (Fsp3) is 0.231. The molecule has 1 aromatic carbocycles. The Morgan fingerprint density at radius 2 is 2.00 bits per heavy atom. The van der Waals surface area contributed by atoms with Crippen LogP contribution >= 0.6 is 22.9 Å². The van der Waals surface area contributed by atoms with Crippen LogP contribution in [-0.2, 0) is 0 Å². The summed E-state index contributed by atoms with van der Waals surface area (Å²) in [6, 6.07) is 9.83. The Labute approximate surface area is 105 Å². The van der Waals surface area contributed by atoms with Gasteiger partial charge in [0.05, 0.1) is 6.04 Å². The van der Waals surface area contributed by atoms with Gasteiger partial charge in [0.1, 0.15) is 0 Å². The number of thiophene rings is 1. The number of benzene rings is 1. The van der Waals surface area contributed by atoms with E-state index >= 15 is 0 Å². The Kier molecular flexibility index (Phi) is 3.33. The summed E-state index contributed by atoms with van der Waals surface area (Å²) >= 11 is 7.72. The minimum Gasteiger partial charge on any atom is -0.320 e. The van der Waals surface area contributed by atoms with Crippen molar-refractivity contribution in [2.24, 2.45) is 5.73 Å². The summed E-state index contributed by atoms with van der Waals surface area (Å²) < 4.78 is 0. The quantitative estimate of drug-likeness (QED) is 0.856. The molecule has 1 nitrogen and oxygen atoms in total. The van der Waals surface area contributed by atoms with Crippen molar-refractivity contribution in [2.75, 3.05) is 0 Å². The van der Waals surface area contributed by atoms with Gasteiger partial charge in [0.2, 0.25) is 0 Å². The minimum absolute atomic E-state index is 0.0731. The van der Waals surface area contributed by atoms with Gasteiger partial charge in [0.15, 0.2) is 0 Å². The number of hydrogen-bond donors (Lipinski definition) is 1. The second-order valence-electron chi connectivity index (χ2n) is 3.92. The van der Waals surface area contributed by atoms with Crippen molar-refractivity contribution >= 4 is 22.9 Å². The molecule has 3 heteroatoms. The fourth-order valence-electron chi connectivity index (χ4n) is 1.62. The molecule has 16 heavy (non-hydrogen) atoms. The number of hydrogen-bond acceptors (Lipinski definition) is 2.